The molecule has 1 fully saturated rings. The number of aromatic nitrogens is 2. The van der Waals surface area contributed by atoms with Crippen molar-refractivity contribution in [2.24, 2.45) is 0 Å². The van der Waals surface area contributed by atoms with E-state index < -0.39 is 0 Å². The molecule has 142 valence electrons. The summed E-state index contributed by atoms with van der Waals surface area (Å²) in [5, 5.41) is 7.66. The van der Waals surface area contributed by atoms with Crippen LogP contribution in [0.2, 0.25) is 0 Å². The van der Waals surface area contributed by atoms with Gasteiger partial charge in [-0.2, -0.15) is 0 Å². The number of hydrogen-bond donors (Lipinski definition) is 1. The van der Waals surface area contributed by atoms with Gasteiger partial charge in [-0.1, -0.05) is 38.3 Å². The van der Waals surface area contributed by atoms with E-state index in [1.54, 1.807) is 0 Å². The minimum Gasteiger partial charge on any atom is -0.378 e. The fourth-order valence-electron chi connectivity index (χ4n) is 3.44. The maximum atomic E-state index is 12.7. The van der Waals surface area contributed by atoms with Crippen molar-refractivity contribution >= 4 is 17.0 Å². The second-order valence-electron chi connectivity index (χ2n) is 7.44. The largest absolute Gasteiger partial charge is 0.378 e. The Balaban J connectivity index is 1.57. The normalized spacial score (nSPS) is 15.7. The van der Waals surface area contributed by atoms with Crippen molar-refractivity contribution in [1.82, 2.24) is 15.5 Å². The number of fused-ring (bicyclic) bond motifs is 1. The van der Waals surface area contributed by atoms with Gasteiger partial charge < -0.3 is 14.6 Å². The number of ether oxygens (including phenoxy) is 1. The number of carbonyl (C=O) groups is 1. The molecule has 0 unspecified atom stereocenters. The van der Waals surface area contributed by atoms with Gasteiger partial charge in [0, 0.05) is 18.8 Å². The molecule has 2 aromatic heterocycles. The summed E-state index contributed by atoms with van der Waals surface area (Å²) in [5.41, 5.74) is 2.54. The lowest BCUT2D eigenvalue weighted by molar-refractivity contribution is 0.0273. The lowest BCUT2D eigenvalue weighted by atomic mass is 9.98. The summed E-state index contributed by atoms with van der Waals surface area (Å²) in [7, 11) is 0. The van der Waals surface area contributed by atoms with Crippen molar-refractivity contribution in [3.05, 3.63) is 23.0 Å². The maximum absolute atomic E-state index is 12.7. The molecule has 0 aromatic carbocycles. The summed E-state index contributed by atoms with van der Waals surface area (Å²) in [4.78, 5) is 17.2. The average molecular weight is 359 g/mol. The quantitative estimate of drug-likeness (QED) is 0.752. The summed E-state index contributed by atoms with van der Waals surface area (Å²) in [6, 6.07) is 1.85. The molecule has 26 heavy (non-hydrogen) atoms. The minimum atomic E-state index is -0.108. The molecule has 0 saturated heterocycles. The van der Waals surface area contributed by atoms with Crippen LogP contribution < -0.4 is 5.32 Å². The number of carbonyl (C=O) groups excluding carboxylic acids is 1. The van der Waals surface area contributed by atoms with Gasteiger partial charge in [-0.3, -0.25) is 4.79 Å². The number of nitrogens with zero attached hydrogens (tertiary/aromatic N) is 2. The maximum Gasteiger partial charge on any atom is 0.259 e. The van der Waals surface area contributed by atoms with Crippen LogP contribution in [0, 0.1) is 6.92 Å². The first-order valence-corrected chi connectivity index (χ1v) is 9.73. The Hall–Kier alpha value is -1.95. The molecule has 1 N–H and O–H groups in total. The van der Waals surface area contributed by atoms with E-state index in [9.17, 15) is 4.79 Å². The molecular weight excluding hydrogens is 330 g/mol. The molecule has 1 aliphatic rings. The molecule has 6 heteroatoms. The topological polar surface area (TPSA) is 77.2 Å². The monoisotopic (exact) mass is 359 g/mol. The first-order valence-electron chi connectivity index (χ1n) is 9.73. The van der Waals surface area contributed by atoms with Crippen LogP contribution in [-0.4, -0.2) is 35.3 Å². The third-order valence-corrected chi connectivity index (χ3v) is 4.99. The minimum absolute atomic E-state index is 0.108. The second kappa shape index (κ2) is 8.62. The third-order valence-electron chi connectivity index (χ3n) is 4.99. The predicted molar refractivity (Wildman–Crippen MR) is 100 cm³/mol. The Morgan fingerprint density at radius 2 is 2.12 bits per heavy atom. The first kappa shape index (κ1) is 18.8. The van der Waals surface area contributed by atoms with Crippen molar-refractivity contribution in [1.29, 1.82) is 0 Å². The van der Waals surface area contributed by atoms with Crippen LogP contribution in [0.15, 0.2) is 10.6 Å². The van der Waals surface area contributed by atoms with Gasteiger partial charge in [0.05, 0.1) is 22.7 Å². The van der Waals surface area contributed by atoms with E-state index in [4.69, 9.17) is 9.26 Å². The third kappa shape index (κ3) is 4.41. The van der Waals surface area contributed by atoms with Crippen LogP contribution in [0.1, 0.15) is 80.0 Å². The van der Waals surface area contributed by atoms with Gasteiger partial charge in [-0.25, -0.2) is 4.98 Å². The predicted octanol–water partition coefficient (Wildman–Crippen LogP) is 4.12. The van der Waals surface area contributed by atoms with Gasteiger partial charge in [0.2, 0.25) is 0 Å². The average Bonchev–Trinajstić information content (AvgIpc) is 3.02. The Bertz CT molecular complexity index is 748. The first-order chi connectivity index (χ1) is 12.6. The Morgan fingerprint density at radius 1 is 1.35 bits per heavy atom. The van der Waals surface area contributed by atoms with E-state index in [2.05, 4.69) is 15.5 Å². The van der Waals surface area contributed by atoms with Crippen molar-refractivity contribution in [3.63, 3.8) is 0 Å². The Morgan fingerprint density at radius 3 is 2.85 bits per heavy atom. The zero-order valence-electron chi connectivity index (χ0n) is 16.0. The molecule has 2 aromatic rings. The van der Waals surface area contributed by atoms with Crippen LogP contribution in [0.5, 0.6) is 0 Å². The molecule has 0 spiro atoms. The molecule has 0 aliphatic heterocycles. The molecule has 1 amide bonds. The number of pyridine rings is 1. The Labute approximate surface area is 154 Å². The van der Waals surface area contributed by atoms with Crippen LogP contribution >= 0.6 is 0 Å². The zero-order chi connectivity index (χ0) is 18.5. The van der Waals surface area contributed by atoms with Gasteiger partial charge >= 0.3 is 0 Å². The molecular formula is C20H29N3O3. The van der Waals surface area contributed by atoms with Gasteiger partial charge in [0.1, 0.15) is 0 Å². The van der Waals surface area contributed by atoms with Crippen LogP contribution in [0.4, 0.5) is 0 Å². The molecule has 3 rings (SSSR count). The zero-order valence-corrected chi connectivity index (χ0v) is 16.0. The van der Waals surface area contributed by atoms with E-state index in [0.717, 1.165) is 12.1 Å². The molecule has 1 aliphatic carbocycles. The van der Waals surface area contributed by atoms with Crippen LogP contribution in [0.3, 0.4) is 0 Å². The number of rotatable bonds is 7. The van der Waals surface area contributed by atoms with Crippen LogP contribution in [0.25, 0.3) is 11.1 Å². The van der Waals surface area contributed by atoms with E-state index >= 15 is 0 Å². The Kier molecular flexibility index (Phi) is 6.25. The van der Waals surface area contributed by atoms with Gasteiger partial charge in [-0.05, 0) is 38.2 Å². The highest BCUT2D eigenvalue weighted by Gasteiger charge is 2.19. The standard InChI is InChI=1S/C20H29N3O3/c1-13(2)17-12-16(18-14(3)23-26-20(18)22-17)19(24)21-10-7-11-25-15-8-5-4-6-9-15/h12-13,15H,4-11H2,1-3H3,(H,21,24). The van der Waals surface area contributed by atoms with Gasteiger partial charge in [-0.15, -0.1) is 0 Å². The van der Waals surface area contributed by atoms with E-state index in [1.165, 1.54) is 32.1 Å². The van der Waals surface area contributed by atoms with Crippen LogP contribution in [-0.2, 0) is 4.74 Å². The molecule has 0 radical (unpaired) electrons. The summed E-state index contributed by atoms with van der Waals surface area (Å²) in [6.45, 7) is 7.21. The van der Waals surface area contributed by atoms with E-state index in [1.807, 2.05) is 26.8 Å². The number of hydrogen-bond acceptors (Lipinski definition) is 5. The number of nitrogens with one attached hydrogen (secondary N) is 1. The summed E-state index contributed by atoms with van der Waals surface area (Å²) >= 11 is 0. The molecule has 2 heterocycles. The van der Waals surface area contributed by atoms with E-state index in [0.29, 0.717) is 41.6 Å². The fraction of sp³-hybridized carbons (Fsp3) is 0.650. The summed E-state index contributed by atoms with van der Waals surface area (Å²) in [6.07, 6.45) is 7.45. The number of amides is 1. The molecule has 0 atom stereocenters. The van der Waals surface area contributed by atoms with Crippen molar-refractivity contribution in [3.8, 4) is 0 Å². The van der Waals surface area contributed by atoms with Crippen molar-refractivity contribution in [2.75, 3.05) is 13.2 Å². The highest BCUT2D eigenvalue weighted by molar-refractivity contribution is 6.06. The summed E-state index contributed by atoms with van der Waals surface area (Å²) < 4.78 is 11.2. The van der Waals surface area contributed by atoms with E-state index in [-0.39, 0.29) is 11.8 Å². The SMILES string of the molecule is Cc1noc2nc(C(C)C)cc(C(=O)NCCCOC3CCCCC3)c12. The van der Waals surface area contributed by atoms with Gasteiger partial charge in [0.15, 0.2) is 0 Å². The second-order valence-corrected chi connectivity index (χ2v) is 7.44. The number of aryl methyl sites for hydroxylation is 1. The highest BCUT2D eigenvalue weighted by atomic mass is 16.5. The lowest BCUT2D eigenvalue weighted by Crippen LogP contribution is -2.26. The summed E-state index contributed by atoms with van der Waals surface area (Å²) in [5.74, 6) is 0.100. The molecule has 0 bridgehead atoms. The smallest absolute Gasteiger partial charge is 0.259 e. The van der Waals surface area contributed by atoms with Crippen molar-refractivity contribution < 1.29 is 14.1 Å². The van der Waals surface area contributed by atoms with Crippen molar-refractivity contribution in [2.45, 2.75) is 71.3 Å². The van der Waals surface area contributed by atoms with Gasteiger partial charge in [0.25, 0.3) is 11.6 Å². The highest BCUT2D eigenvalue weighted by Crippen LogP contribution is 2.25. The molecule has 6 nitrogen and oxygen atoms in total. The lowest BCUT2D eigenvalue weighted by Gasteiger charge is -2.21. The molecule has 1 saturated carbocycles. The fourth-order valence-corrected chi connectivity index (χ4v) is 3.44.